The van der Waals surface area contributed by atoms with E-state index in [4.69, 9.17) is 5.73 Å². The molecule has 2 N–H and O–H groups in total. The third kappa shape index (κ3) is 1.14. The fourth-order valence-corrected chi connectivity index (χ4v) is 1.24. The van der Waals surface area contributed by atoms with Crippen molar-refractivity contribution in [2.45, 2.75) is 18.4 Å². The summed E-state index contributed by atoms with van der Waals surface area (Å²) in [5, 5.41) is 0. The van der Waals surface area contributed by atoms with E-state index in [0.29, 0.717) is 0 Å². The van der Waals surface area contributed by atoms with Crippen molar-refractivity contribution in [1.29, 1.82) is 0 Å². The van der Waals surface area contributed by atoms with E-state index in [1.165, 1.54) is 0 Å². The summed E-state index contributed by atoms with van der Waals surface area (Å²) in [5.74, 6) is 0.0862. The van der Waals surface area contributed by atoms with Crippen molar-refractivity contribution in [3.63, 3.8) is 0 Å². The number of hydrogen-bond acceptors (Lipinski definition) is 2. The Morgan fingerprint density at radius 1 is 1.25 bits per heavy atom. The third-order valence-corrected chi connectivity index (χ3v) is 2.28. The molecule has 0 unspecified atom stereocenters. The number of Topliss-reactive ketones (excluding diaryl/α,β-unsaturated/α-hetero) is 1. The average molecular weight is 161 g/mol. The van der Waals surface area contributed by atoms with E-state index in [-0.39, 0.29) is 5.78 Å². The van der Waals surface area contributed by atoms with Crippen LogP contribution in [0.3, 0.4) is 0 Å². The molecule has 1 aromatic rings. The van der Waals surface area contributed by atoms with Gasteiger partial charge in [0.15, 0.2) is 5.78 Å². The smallest absolute Gasteiger partial charge is 0.182 e. The van der Waals surface area contributed by atoms with Crippen LogP contribution in [0.5, 0.6) is 0 Å². The van der Waals surface area contributed by atoms with Crippen LogP contribution in [-0.2, 0) is 0 Å². The van der Waals surface area contributed by atoms with Gasteiger partial charge < -0.3 is 5.73 Å². The molecule has 0 spiro atoms. The summed E-state index contributed by atoms with van der Waals surface area (Å²) < 4.78 is 0. The highest BCUT2D eigenvalue weighted by Gasteiger charge is 2.45. The number of ketones is 1. The van der Waals surface area contributed by atoms with E-state index in [9.17, 15) is 4.79 Å². The largest absolute Gasteiger partial charge is 0.319 e. The molecule has 2 heteroatoms. The first-order valence-electron chi connectivity index (χ1n) is 4.11. The van der Waals surface area contributed by atoms with Gasteiger partial charge in [0.25, 0.3) is 0 Å². The molecule has 1 aromatic carbocycles. The molecule has 2 rings (SSSR count). The lowest BCUT2D eigenvalue weighted by Crippen LogP contribution is -2.32. The number of carbonyl (C=O) groups excluding carboxylic acids is 1. The topological polar surface area (TPSA) is 43.1 Å². The lowest BCUT2D eigenvalue weighted by molar-refractivity contribution is 0.0949. The van der Waals surface area contributed by atoms with Gasteiger partial charge in [-0.2, -0.15) is 0 Å². The van der Waals surface area contributed by atoms with E-state index in [1.807, 2.05) is 30.3 Å². The maximum absolute atomic E-state index is 11.6. The van der Waals surface area contributed by atoms with E-state index in [0.717, 1.165) is 18.4 Å². The van der Waals surface area contributed by atoms with Crippen LogP contribution in [0.4, 0.5) is 0 Å². The molecule has 2 nitrogen and oxygen atoms in total. The van der Waals surface area contributed by atoms with Crippen LogP contribution in [-0.4, -0.2) is 11.3 Å². The van der Waals surface area contributed by atoms with Gasteiger partial charge in [0.2, 0.25) is 0 Å². The van der Waals surface area contributed by atoms with Crippen molar-refractivity contribution in [3.8, 4) is 0 Å². The minimum absolute atomic E-state index is 0.0862. The monoisotopic (exact) mass is 161 g/mol. The number of hydrogen-bond donors (Lipinski definition) is 1. The zero-order valence-electron chi connectivity index (χ0n) is 6.79. The Labute approximate surface area is 71.4 Å². The second-order valence-corrected chi connectivity index (χ2v) is 3.35. The molecular formula is C10H11NO. The van der Waals surface area contributed by atoms with E-state index in [1.54, 1.807) is 0 Å². The van der Waals surface area contributed by atoms with E-state index < -0.39 is 5.54 Å². The van der Waals surface area contributed by atoms with Crippen molar-refractivity contribution >= 4 is 5.78 Å². The summed E-state index contributed by atoms with van der Waals surface area (Å²) in [4.78, 5) is 11.6. The average Bonchev–Trinajstić information content (AvgIpc) is 2.85. The molecule has 0 amide bonds. The molecule has 1 aliphatic rings. The minimum Gasteiger partial charge on any atom is -0.319 e. The third-order valence-electron chi connectivity index (χ3n) is 2.28. The highest BCUT2D eigenvalue weighted by Crippen LogP contribution is 2.35. The Morgan fingerprint density at radius 3 is 2.33 bits per heavy atom. The van der Waals surface area contributed by atoms with Gasteiger partial charge in [0.1, 0.15) is 0 Å². The lowest BCUT2D eigenvalue weighted by atomic mass is 10.0. The van der Waals surface area contributed by atoms with Crippen LogP contribution >= 0.6 is 0 Å². The molecule has 0 bridgehead atoms. The number of carbonyl (C=O) groups is 1. The first-order valence-corrected chi connectivity index (χ1v) is 4.11. The molecule has 0 atom stereocenters. The van der Waals surface area contributed by atoms with Crippen molar-refractivity contribution in [1.82, 2.24) is 0 Å². The quantitative estimate of drug-likeness (QED) is 0.665. The molecule has 0 aliphatic heterocycles. The van der Waals surface area contributed by atoms with Gasteiger partial charge in [-0.1, -0.05) is 30.3 Å². The van der Waals surface area contributed by atoms with Crippen molar-refractivity contribution in [2.75, 3.05) is 0 Å². The Morgan fingerprint density at radius 2 is 1.83 bits per heavy atom. The fourth-order valence-electron chi connectivity index (χ4n) is 1.24. The number of nitrogens with two attached hydrogens (primary N) is 1. The van der Waals surface area contributed by atoms with E-state index >= 15 is 0 Å². The van der Waals surface area contributed by atoms with Crippen LogP contribution < -0.4 is 5.73 Å². The molecule has 1 saturated carbocycles. The van der Waals surface area contributed by atoms with Crippen molar-refractivity contribution < 1.29 is 4.79 Å². The molecule has 0 radical (unpaired) electrons. The fraction of sp³-hybridized carbons (Fsp3) is 0.300. The van der Waals surface area contributed by atoms with Crippen LogP contribution in [0, 0.1) is 0 Å². The maximum Gasteiger partial charge on any atom is 0.182 e. The van der Waals surface area contributed by atoms with Gasteiger partial charge in [0, 0.05) is 5.56 Å². The molecule has 0 aromatic heterocycles. The second-order valence-electron chi connectivity index (χ2n) is 3.35. The van der Waals surface area contributed by atoms with Gasteiger partial charge in [-0.15, -0.1) is 0 Å². The second kappa shape index (κ2) is 2.42. The van der Waals surface area contributed by atoms with Crippen molar-refractivity contribution in [3.05, 3.63) is 35.9 Å². The zero-order chi connectivity index (χ0) is 8.60. The Balaban J connectivity index is 2.26. The number of benzene rings is 1. The van der Waals surface area contributed by atoms with Crippen molar-refractivity contribution in [2.24, 2.45) is 5.73 Å². The predicted molar refractivity (Wildman–Crippen MR) is 46.9 cm³/mol. The van der Waals surface area contributed by atoms with Gasteiger partial charge in [-0.25, -0.2) is 0 Å². The molecule has 62 valence electrons. The van der Waals surface area contributed by atoms with Crippen LogP contribution in [0.1, 0.15) is 23.2 Å². The zero-order valence-corrected chi connectivity index (χ0v) is 6.79. The summed E-state index contributed by atoms with van der Waals surface area (Å²) in [7, 11) is 0. The van der Waals surface area contributed by atoms with Crippen LogP contribution in [0.15, 0.2) is 30.3 Å². The maximum atomic E-state index is 11.6. The summed E-state index contributed by atoms with van der Waals surface area (Å²) in [6, 6.07) is 9.25. The summed E-state index contributed by atoms with van der Waals surface area (Å²) in [6.45, 7) is 0. The molecule has 12 heavy (non-hydrogen) atoms. The molecule has 1 aliphatic carbocycles. The van der Waals surface area contributed by atoms with Gasteiger partial charge in [-0.05, 0) is 12.8 Å². The highest BCUT2D eigenvalue weighted by atomic mass is 16.1. The van der Waals surface area contributed by atoms with E-state index in [2.05, 4.69) is 0 Å². The first-order chi connectivity index (χ1) is 5.72. The summed E-state index contributed by atoms with van der Waals surface area (Å²) in [5.41, 5.74) is 5.98. The standard InChI is InChI=1S/C10H11NO/c11-10(6-7-10)9(12)8-4-2-1-3-5-8/h1-5H,6-7,11H2. The van der Waals surface area contributed by atoms with Gasteiger partial charge in [0.05, 0.1) is 5.54 Å². The normalized spacial score (nSPS) is 18.8. The molecule has 0 saturated heterocycles. The van der Waals surface area contributed by atoms with Crippen LogP contribution in [0.25, 0.3) is 0 Å². The Hall–Kier alpha value is -1.15. The highest BCUT2D eigenvalue weighted by molar-refractivity contribution is 6.04. The minimum atomic E-state index is -0.526. The van der Waals surface area contributed by atoms with Gasteiger partial charge in [-0.3, -0.25) is 4.79 Å². The Kier molecular flexibility index (Phi) is 1.51. The van der Waals surface area contributed by atoms with Gasteiger partial charge >= 0.3 is 0 Å². The van der Waals surface area contributed by atoms with Crippen LogP contribution in [0.2, 0.25) is 0 Å². The lowest BCUT2D eigenvalue weighted by Gasteiger charge is -2.05. The number of rotatable bonds is 2. The molecule has 1 fully saturated rings. The SMILES string of the molecule is NC1(C(=O)c2ccccc2)CC1. The molecular weight excluding hydrogens is 150 g/mol. The molecule has 0 heterocycles. The summed E-state index contributed by atoms with van der Waals surface area (Å²) in [6.07, 6.45) is 1.67. The first kappa shape index (κ1) is 7.50. The Bertz CT molecular complexity index is 301. The summed E-state index contributed by atoms with van der Waals surface area (Å²) >= 11 is 0. The predicted octanol–water partition coefficient (Wildman–Crippen LogP) is 1.36.